The number of amides is 1. The van der Waals surface area contributed by atoms with E-state index in [1.165, 1.54) is 19.1 Å². The van der Waals surface area contributed by atoms with Crippen molar-refractivity contribution in [1.82, 2.24) is 10.3 Å². The van der Waals surface area contributed by atoms with Gasteiger partial charge in [0.15, 0.2) is 0 Å². The minimum atomic E-state index is -3.88. The molecule has 0 unspecified atom stereocenters. The lowest BCUT2D eigenvalue weighted by Crippen LogP contribution is -2.22. The predicted molar refractivity (Wildman–Crippen MR) is 99.7 cm³/mol. The number of aromatic amines is 1. The van der Waals surface area contributed by atoms with E-state index in [-0.39, 0.29) is 16.6 Å². The van der Waals surface area contributed by atoms with Gasteiger partial charge in [0.2, 0.25) is 5.91 Å². The van der Waals surface area contributed by atoms with Crippen LogP contribution in [0.4, 0.5) is 0 Å². The lowest BCUT2D eigenvalue weighted by atomic mass is 10.1. The Bertz CT molecular complexity index is 1040. The molecule has 2 N–H and O–H groups in total. The molecule has 0 aliphatic carbocycles. The van der Waals surface area contributed by atoms with E-state index >= 15 is 0 Å². The van der Waals surface area contributed by atoms with Crippen LogP contribution in [0, 0.1) is 6.92 Å². The Morgan fingerprint density at radius 1 is 1.15 bits per heavy atom. The van der Waals surface area contributed by atoms with Gasteiger partial charge in [-0.15, -0.1) is 0 Å². The zero-order chi connectivity index (χ0) is 18.7. The average molecular weight is 372 g/mol. The van der Waals surface area contributed by atoms with E-state index in [1.807, 2.05) is 19.2 Å². The van der Waals surface area contributed by atoms with Gasteiger partial charge in [0.05, 0.1) is 0 Å². The molecular formula is C19H20N2O4S. The van der Waals surface area contributed by atoms with Crippen molar-refractivity contribution in [3.63, 3.8) is 0 Å². The van der Waals surface area contributed by atoms with E-state index < -0.39 is 10.1 Å². The van der Waals surface area contributed by atoms with Crippen molar-refractivity contribution in [2.45, 2.75) is 25.2 Å². The number of fused-ring (bicyclic) bond motifs is 1. The molecule has 7 heteroatoms. The van der Waals surface area contributed by atoms with Crippen LogP contribution >= 0.6 is 0 Å². The molecule has 0 aliphatic heterocycles. The summed E-state index contributed by atoms with van der Waals surface area (Å²) in [5.74, 6) is 0.176. The first-order valence-electron chi connectivity index (χ1n) is 8.21. The third kappa shape index (κ3) is 4.05. The molecule has 1 aromatic heterocycles. The number of hydrogen-bond acceptors (Lipinski definition) is 4. The first kappa shape index (κ1) is 18.0. The van der Waals surface area contributed by atoms with Gasteiger partial charge < -0.3 is 14.5 Å². The van der Waals surface area contributed by atoms with Gasteiger partial charge in [-0.3, -0.25) is 4.79 Å². The Balaban J connectivity index is 1.79. The summed E-state index contributed by atoms with van der Waals surface area (Å²) in [6, 6.07) is 11.6. The van der Waals surface area contributed by atoms with Gasteiger partial charge in [-0.25, -0.2) is 0 Å². The topological polar surface area (TPSA) is 88.3 Å². The highest BCUT2D eigenvalue weighted by atomic mass is 32.2. The van der Waals surface area contributed by atoms with Crippen LogP contribution < -0.4 is 9.50 Å². The number of aromatic nitrogens is 1. The Kier molecular flexibility index (Phi) is 4.99. The number of carbonyl (C=O) groups is 1. The van der Waals surface area contributed by atoms with E-state index in [1.54, 1.807) is 24.3 Å². The summed E-state index contributed by atoms with van der Waals surface area (Å²) in [6.45, 7) is 3.91. The Hall–Kier alpha value is -2.80. The quantitative estimate of drug-likeness (QED) is 0.651. The van der Waals surface area contributed by atoms with Gasteiger partial charge in [0.25, 0.3) is 0 Å². The van der Waals surface area contributed by atoms with Crippen molar-refractivity contribution < 1.29 is 17.4 Å². The normalized spacial score (nSPS) is 11.5. The second-order valence-electron chi connectivity index (χ2n) is 6.10. The number of aryl methyl sites for hydroxylation is 1. The highest BCUT2D eigenvalue weighted by Crippen LogP contribution is 2.26. The van der Waals surface area contributed by atoms with Crippen molar-refractivity contribution in [3.05, 3.63) is 59.8 Å². The van der Waals surface area contributed by atoms with Gasteiger partial charge in [0, 0.05) is 36.6 Å². The van der Waals surface area contributed by atoms with Crippen LogP contribution in [0.25, 0.3) is 10.9 Å². The number of benzene rings is 2. The molecule has 1 heterocycles. The van der Waals surface area contributed by atoms with Crippen LogP contribution in [-0.2, 0) is 21.3 Å². The van der Waals surface area contributed by atoms with Gasteiger partial charge in [-0.1, -0.05) is 17.7 Å². The third-order valence-corrected chi connectivity index (χ3v) is 5.28. The fraction of sp³-hybridized carbons (Fsp3) is 0.211. The molecule has 6 nitrogen and oxygen atoms in total. The minimum Gasteiger partial charge on any atom is -0.379 e. The van der Waals surface area contributed by atoms with Crippen LogP contribution in [0.2, 0.25) is 0 Å². The molecule has 0 spiro atoms. The maximum atomic E-state index is 12.4. The van der Waals surface area contributed by atoms with Crippen LogP contribution in [0.1, 0.15) is 18.1 Å². The van der Waals surface area contributed by atoms with Crippen molar-refractivity contribution in [3.8, 4) is 5.75 Å². The van der Waals surface area contributed by atoms with Crippen molar-refractivity contribution >= 4 is 26.9 Å². The number of hydrogen-bond donors (Lipinski definition) is 2. The number of H-pyrrole nitrogens is 1. The first-order valence-corrected chi connectivity index (χ1v) is 9.61. The molecule has 0 bridgehead atoms. The predicted octanol–water partition coefficient (Wildman–Crippen LogP) is 2.92. The Labute approximate surface area is 152 Å². The molecule has 0 saturated carbocycles. The fourth-order valence-electron chi connectivity index (χ4n) is 2.68. The maximum Gasteiger partial charge on any atom is 0.339 e. The molecule has 0 saturated heterocycles. The largest absolute Gasteiger partial charge is 0.379 e. The van der Waals surface area contributed by atoms with Crippen LogP contribution in [0.3, 0.4) is 0 Å². The first-order chi connectivity index (χ1) is 12.3. The van der Waals surface area contributed by atoms with Gasteiger partial charge in [-0.2, -0.15) is 8.42 Å². The molecule has 0 fully saturated rings. The maximum absolute atomic E-state index is 12.4. The smallest absolute Gasteiger partial charge is 0.339 e. The highest BCUT2D eigenvalue weighted by molar-refractivity contribution is 7.87. The molecular weight excluding hydrogens is 352 g/mol. The zero-order valence-corrected chi connectivity index (χ0v) is 15.4. The van der Waals surface area contributed by atoms with Crippen molar-refractivity contribution in [2.75, 3.05) is 6.54 Å². The summed E-state index contributed by atoms with van der Waals surface area (Å²) >= 11 is 0. The molecule has 2 aromatic carbocycles. The molecule has 1 amide bonds. The summed E-state index contributed by atoms with van der Waals surface area (Å²) in [5, 5.41) is 3.72. The number of rotatable bonds is 6. The lowest BCUT2D eigenvalue weighted by molar-refractivity contribution is -0.118. The van der Waals surface area contributed by atoms with Crippen molar-refractivity contribution in [2.24, 2.45) is 0 Å². The molecule has 0 aliphatic rings. The zero-order valence-electron chi connectivity index (χ0n) is 14.6. The molecule has 3 rings (SSSR count). The Morgan fingerprint density at radius 2 is 1.88 bits per heavy atom. The molecule has 136 valence electrons. The second kappa shape index (κ2) is 7.21. The summed E-state index contributed by atoms with van der Waals surface area (Å²) in [5.41, 5.74) is 2.80. The molecule has 0 radical (unpaired) electrons. The standard InChI is InChI=1S/C19H20N2O4S/c1-13-3-6-17(7-4-13)26(23,24)25-16-5-8-18-15(9-10-20-14(2)22)12-21-19(18)11-16/h3-8,11-12,21H,9-10H2,1-2H3,(H,20,22). The van der Waals surface area contributed by atoms with Crippen LogP contribution in [0.15, 0.2) is 53.6 Å². The SMILES string of the molecule is CC(=O)NCCc1c[nH]c2cc(OS(=O)(=O)c3ccc(C)cc3)ccc12. The summed E-state index contributed by atoms with van der Waals surface area (Å²) in [7, 11) is -3.88. The van der Waals surface area contributed by atoms with E-state index in [4.69, 9.17) is 4.18 Å². The summed E-state index contributed by atoms with van der Waals surface area (Å²) < 4.78 is 30.0. The third-order valence-electron chi connectivity index (χ3n) is 4.02. The average Bonchev–Trinajstić information content (AvgIpc) is 2.97. The van der Waals surface area contributed by atoms with E-state index in [0.717, 1.165) is 22.0 Å². The minimum absolute atomic E-state index is 0.0677. The fourth-order valence-corrected chi connectivity index (χ4v) is 3.60. The van der Waals surface area contributed by atoms with Crippen molar-refractivity contribution in [1.29, 1.82) is 0 Å². The van der Waals surface area contributed by atoms with E-state index in [0.29, 0.717) is 13.0 Å². The summed E-state index contributed by atoms with van der Waals surface area (Å²) in [6.07, 6.45) is 2.53. The van der Waals surface area contributed by atoms with Gasteiger partial charge >= 0.3 is 10.1 Å². The monoisotopic (exact) mass is 372 g/mol. The second-order valence-corrected chi connectivity index (χ2v) is 7.65. The number of carbonyl (C=O) groups excluding carboxylic acids is 1. The van der Waals surface area contributed by atoms with Crippen LogP contribution in [0.5, 0.6) is 5.75 Å². The highest BCUT2D eigenvalue weighted by Gasteiger charge is 2.17. The number of nitrogens with one attached hydrogen (secondary N) is 2. The van der Waals surface area contributed by atoms with Gasteiger partial charge in [-0.05, 0) is 43.2 Å². The Morgan fingerprint density at radius 3 is 2.58 bits per heavy atom. The van der Waals surface area contributed by atoms with Gasteiger partial charge in [0.1, 0.15) is 10.6 Å². The molecule has 3 aromatic rings. The van der Waals surface area contributed by atoms with E-state index in [2.05, 4.69) is 10.3 Å². The van der Waals surface area contributed by atoms with E-state index in [9.17, 15) is 13.2 Å². The molecule has 0 atom stereocenters. The molecule has 26 heavy (non-hydrogen) atoms. The van der Waals surface area contributed by atoms with Crippen LogP contribution in [-0.4, -0.2) is 25.9 Å². The summed E-state index contributed by atoms with van der Waals surface area (Å²) in [4.78, 5) is 14.2. The lowest BCUT2D eigenvalue weighted by Gasteiger charge is -2.08.